The number of rotatable bonds is 2. The molecule has 0 radical (unpaired) electrons. The number of aromatic nitrogens is 1. The van der Waals surface area contributed by atoms with Crippen LogP contribution in [-0.2, 0) is 4.74 Å². The Bertz CT molecular complexity index is 548. The maximum absolute atomic E-state index is 11.6. The van der Waals surface area contributed by atoms with E-state index in [1.807, 2.05) is 31.2 Å². The summed E-state index contributed by atoms with van der Waals surface area (Å²) in [5, 5.41) is 0.850. The number of hydrogen-bond acceptors (Lipinski definition) is 4. The topological polar surface area (TPSA) is 39.2 Å². The van der Waals surface area contributed by atoms with E-state index in [0.29, 0.717) is 5.69 Å². The van der Waals surface area contributed by atoms with Gasteiger partial charge in [0.1, 0.15) is 0 Å². The molecule has 0 amide bonds. The molecule has 0 aliphatic heterocycles. The highest BCUT2D eigenvalue weighted by molar-refractivity contribution is 9.10. The van der Waals surface area contributed by atoms with E-state index in [2.05, 4.69) is 20.9 Å². The molecule has 0 unspecified atom stereocenters. The third-order valence-corrected chi connectivity index (χ3v) is 3.77. The molecule has 0 fully saturated rings. The third kappa shape index (κ3) is 2.56. The second kappa shape index (κ2) is 4.98. The number of esters is 1. The molecule has 1 aromatic carbocycles. The van der Waals surface area contributed by atoms with Crippen LogP contribution in [0.5, 0.6) is 0 Å². The Hall–Kier alpha value is -1.20. The van der Waals surface area contributed by atoms with Crippen LogP contribution in [0, 0.1) is 6.92 Å². The molecule has 2 aromatic rings. The van der Waals surface area contributed by atoms with Crippen LogP contribution in [-0.4, -0.2) is 18.1 Å². The zero-order valence-electron chi connectivity index (χ0n) is 9.36. The van der Waals surface area contributed by atoms with Crippen LogP contribution < -0.4 is 0 Å². The number of halogens is 1. The van der Waals surface area contributed by atoms with Crippen LogP contribution in [0.2, 0.25) is 0 Å². The molecule has 0 aliphatic rings. The van der Waals surface area contributed by atoms with Gasteiger partial charge in [-0.15, -0.1) is 11.3 Å². The summed E-state index contributed by atoms with van der Waals surface area (Å²) in [6, 6.07) is 7.77. The lowest BCUT2D eigenvalue weighted by atomic mass is 10.1. The number of carbonyl (C=O) groups excluding carboxylic acids is 1. The summed E-state index contributed by atoms with van der Waals surface area (Å²) in [7, 11) is 1.36. The number of thiazole rings is 1. The van der Waals surface area contributed by atoms with Gasteiger partial charge in [0.25, 0.3) is 0 Å². The normalized spacial score (nSPS) is 10.3. The highest BCUT2D eigenvalue weighted by atomic mass is 79.9. The van der Waals surface area contributed by atoms with Crippen LogP contribution in [0.15, 0.2) is 28.7 Å². The molecule has 0 spiro atoms. The van der Waals surface area contributed by atoms with E-state index in [-0.39, 0.29) is 0 Å². The number of ether oxygens (including phenoxy) is 1. The Labute approximate surface area is 112 Å². The molecule has 0 atom stereocenters. The summed E-state index contributed by atoms with van der Waals surface area (Å²) in [6.45, 7) is 1.87. The SMILES string of the molecule is COC(=O)c1nc(C)sc1-c1ccc(Br)cc1. The van der Waals surface area contributed by atoms with Crippen LogP contribution in [0.25, 0.3) is 10.4 Å². The minimum atomic E-state index is -0.396. The van der Waals surface area contributed by atoms with Gasteiger partial charge in [-0.05, 0) is 24.6 Å². The Morgan fingerprint density at radius 2 is 2.00 bits per heavy atom. The molecule has 3 nitrogen and oxygen atoms in total. The van der Waals surface area contributed by atoms with E-state index >= 15 is 0 Å². The predicted octanol–water partition coefficient (Wildman–Crippen LogP) is 3.67. The fraction of sp³-hybridized carbons (Fsp3) is 0.167. The third-order valence-electron chi connectivity index (χ3n) is 2.22. The van der Waals surface area contributed by atoms with Gasteiger partial charge in [0.2, 0.25) is 0 Å². The fourth-order valence-corrected chi connectivity index (χ4v) is 2.64. The number of hydrogen-bond donors (Lipinski definition) is 0. The zero-order valence-corrected chi connectivity index (χ0v) is 11.8. The molecule has 0 aliphatic carbocycles. The first-order valence-corrected chi connectivity index (χ1v) is 6.54. The summed E-state index contributed by atoms with van der Waals surface area (Å²) < 4.78 is 5.73. The van der Waals surface area contributed by atoms with E-state index in [4.69, 9.17) is 4.74 Å². The van der Waals surface area contributed by atoms with Crippen molar-refractivity contribution in [3.05, 3.63) is 39.4 Å². The molecule has 2 rings (SSSR count). The lowest BCUT2D eigenvalue weighted by Crippen LogP contribution is -2.03. The molecule has 0 saturated carbocycles. The molecule has 88 valence electrons. The van der Waals surface area contributed by atoms with Gasteiger partial charge < -0.3 is 4.74 Å². The predicted molar refractivity (Wildman–Crippen MR) is 71.3 cm³/mol. The van der Waals surface area contributed by atoms with Crippen molar-refractivity contribution in [3.8, 4) is 10.4 Å². The minimum absolute atomic E-state index is 0.386. The zero-order chi connectivity index (χ0) is 12.4. The van der Waals surface area contributed by atoms with Crippen molar-refractivity contribution in [3.63, 3.8) is 0 Å². The quantitative estimate of drug-likeness (QED) is 0.794. The highest BCUT2D eigenvalue weighted by Gasteiger charge is 2.18. The number of nitrogens with zero attached hydrogens (tertiary/aromatic N) is 1. The van der Waals surface area contributed by atoms with Gasteiger partial charge in [0.15, 0.2) is 5.69 Å². The molecule has 17 heavy (non-hydrogen) atoms. The van der Waals surface area contributed by atoms with Crippen LogP contribution in [0.3, 0.4) is 0 Å². The molecule has 0 saturated heterocycles. The number of aryl methyl sites for hydroxylation is 1. The second-order valence-corrected chi connectivity index (χ2v) is 5.53. The van der Waals surface area contributed by atoms with Crippen molar-refractivity contribution in [1.82, 2.24) is 4.98 Å². The van der Waals surface area contributed by atoms with Gasteiger partial charge in [-0.25, -0.2) is 9.78 Å². The standard InChI is InChI=1S/C12H10BrNO2S/c1-7-14-10(12(15)16-2)11(17-7)8-3-5-9(13)6-4-8/h3-6H,1-2H3. The van der Waals surface area contributed by atoms with E-state index in [9.17, 15) is 4.79 Å². The first-order valence-electron chi connectivity index (χ1n) is 4.93. The number of carbonyl (C=O) groups is 1. The maximum Gasteiger partial charge on any atom is 0.358 e. The molecule has 1 aromatic heterocycles. The van der Waals surface area contributed by atoms with Crippen molar-refractivity contribution < 1.29 is 9.53 Å². The molecule has 0 N–H and O–H groups in total. The van der Waals surface area contributed by atoms with E-state index in [1.54, 1.807) is 0 Å². The van der Waals surface area contributed by atoms with Crippen LogP contribution in [0.1, 0.15) is 15.5 Å². The summed E-state index contributed by atoms with van der Waals surface area (Å²) in [5.74, 6) is -0.396. The van der Waals surface area contributed by atoms with Gasteiger partial charge in [-0.2, -0.15) is 0 Å². The Kier molecular flexibility index (Phi) is 3.59. The lowest BCUT2D eigenvalue weighted by molar-refractivity contribution is 0.0595. The van der Waals surface area contributed by atoms with Gasteiger partial charge >= 0.3 is 5.97 Å². The molecular formula is C12H10BrNO2S. The first kappa shape index (κ1) is 12.3. The monoisotopic (exact) mass is 311 g/mol. The van der Waals surface area contributed by atoms with Gasteiger partial charge in [-0.3, -0.25) is 0 Å². The molecule has 1 heterocycles. The average molecular weight is 312 g/mol. The number of benzene rings is 1. The first-order chi connectivity index (χ1) is 8.11. The maximum atomic E-state index is 11.6. The summed E-state index contributed by atoms with van der Waals surface area (Å²) >= 11 is 4.87. The van der Waals surface area contributed by atoms with E-state index < -0.39 is 5.97 Å². The van der Waals surface area contributed by atoms with E-state index in [0.717, 1.165) is 19.9 Å². The fourth-order valence-electron chi connectivity index (χ4n) is 1.46. The van der Waals surface area contributed by atoms with E-state index in [1.165, 1.54) is 18.4 Å². The highest BCUT2D eigenvalue weighted by Crippen LogP contribution is 2.31. The summed E-state index contributed by atoms with van der Waals surface area (Å²) in [4.78, 5) is 16.7. The van der Waals surface area contributed by atoms with Crippen molar-refractivity contribution in [2.24, 2.45) is 0 Å². The Balaban J connectivity index is 2.51. The average Bonchev–Trinajstić information content (AvgIpc) is 2.71. The van der Waals surface area contributed by atoms with Gasteiger partial charge in [-0.1, -0.05) is 28.1 Å². The largest absolute Gasteiger partial charge is 0.464 e. The van der Waals surface area contributed by atoms with Crippen molar-refractivity contribution in [2.45, 2.75) is 6.92 Å². The van der Waals surface area contributed by atoms with Crippen molar-refractivity contribution in [1.29, 1.82) is 0 Å². The van der Waals surface area contributed by atoms with Crippen LogP contribution in [0.4, 0.5) is 0 Å². The molecule has 5 heteroatoms. The second-order valence-electron chi connectivity index (χ2n) is 3.41. The van der Waals surface area contributed by atoms with Crippen molar-refractivity contribution >= 4 is 33.2 Å². The summed E-state index contributed by atoms with van der Waals surface area (Å²) in [5.41, 5.74) is 1.36. The summed E-state index contributed by atoms with van der Waals surface area (Å²) in [6.07, 6.45) is 0. The van der Waals surface area contributed by atoms with Gasteiger partial charge in [0.05, 0.1) is 17.0 Å². The molecular weight excluding hydrogens is 302 g/mol. The minimum Gasteiger partial charge on any atom is -0.464 e. The van der Waals surface area contributed by atoms with Crippen molar-refractivity contribution in [2.75, 3.05) is 7.11 Å². The van der Waals surface area contributed by atoms with Crippen LogP contribution >= 0.6 is 27.3 Å². The Morgan fingerprint density at radius 1 is 1.35 bits per heavy atom. The molecule has 0 bridgehead atoms. The smallest absolute Gasteiger partial charge is 0.358 e. The Morgan fingerprint density at radius 3 is 2.59 bits per heavy atom. The van der Waals surface area contributed by atoms with Gasteiger partial charge in [0, 0.05) is 4.47 Å². The number of methoxy groups -OCH3 is 1. The lowest BCUT2D eigenvalue weighted by Gasteiger charge is -2.01.